The first kappa shape index (κ1) is 16.8. The molecule has 27 heavy (non-hydrogen) atoms. The summed E-state index contributed by atoms with van der Waals surface area (Å²) in [5.41, 5.74) is 2.38. The van der Waals surface area contributed by atoms with Crippen molar-refractivity contribution >= 4 is 22.6 Å². The molecule has 3 aromatic rings. The average molecular weight is 383 g/mol. The molecule has 0 radical (unpaired) electrons. The highest BCUT2D eigenvalue weighted by Crippen LogP contribution is 2.35. The van der Waals surface area contributed by atoms with Gasteiger partial charge in [-0.15, -0.1) is 0 Å². The molecule has 0 saturated carbocycles. The zero-order valence-electron chi connectivity index (χ0n) is 14.7. The summed E-state index contributed by atoms with van der Waals surface area (Å²) in [7, 11) is 0. The number of aromatic nitrogens is 1. The third-order valence-corrected chi connectivity index (χ3v) is 5.99. The number of piperidine rings is 1. The van der Waals surface area contributed by atoms with Crippen LogP contribution in [-0.2, 0) is 13.1 Å². The molecule has 2 aromatic heterocycles. The van der Waals surface area contributed by atoms with Crippen LogP contribution >= 0.6 is 11.6 Å². The first-order valence-electron chi connectivity index (χ1n) is 9.20. The van der Waals surface area contributed by atoms with Crippen LogP contribution in [0.15, 0.2) is 56.7 Å². The van der Waals surface area contributed by atoms with Gasteiger partial charge >= 0.3 is 0 Å². The number of halogens is 1. The van der Waals surface area contributed by atoms with Crippen molar-refractivity contribution < 1.29 is 4.42 Å². The Kier molecular flexibility index (Phi) is 3.95. The van der Waals surface area contributed by atoms with E-state index in [1.54, 1.807) is 30.5 Å². The van der Waals surface area contributed by atoms with E-state index in [9.17, 15) is 9.59 Å². The molecule has 4 heterocycles. The number of likely N-dealkylation sites (tertiary alicyclic amines) is 1. The van der Waals surface area contributed by atoms with Crippen LogP contribution in [0.2, 0.25) is 5.02 Å². The fourth-order valence-electron chi connectivity index (χ4n) is 4.62. The maximum atomic E-state index is 12.9. The standard InChI is InChI=1S/C21H19ClN2O3/c22-16-4-5-19-17(7-16)21(26)15(12-27-19)11-23-8-13-6-14(10-23)18-2-1-3-20(25)24(18)9-13/h1-5,7,12-14H,6,8-11H2. The van der Waals surface area contributed by atoms with Gasteiger partial charge in [0.25, 0.3) is 5.56 Å². The predicted octanol–water partition coefficient (Wildman–Crippen LogP) is 3.23. The maximum absolute atomic E-state index is 12.9. The minimum absolute atomic E-state index is 0.0221. The summed E-state index contributed by atoms with van der Waals surface area (Å²) in [6.45, 7) is 3.02. The molecule has 138 valence electrons. The molecule has 1 saturated heterocycles. The van der Waals surface area contributed by atoms with Gasteiger partial charge in [0.1, 0.15) is 5.58 Å². The number of pyridine rings is 1. The molecule has 2 atom stereocenters. The average Bonchev–Trinajstić information content (AvgIpc) is 2.65. The van der Waals surface area contributed by atoms with Crippen LogP contribution in [0.5, 0.6) is 0 Å². The fraction of sp³-hybridized carbons (Fsp3) is 0.333. The molecule has 2 unspecified atom stereocenters. The Hall–Kier alpha value is -2.37. The number of hydrogen-bond donors (Lipinski definition) is 0. The number of nitrogens with zero attached hydrogens (tertiary/aromatic N) is 2. The Morgan fingerprint density at radius 2 is 2.00 bits per heavy atom. The Morgan fingerprint density at radius 1 is 1.11 bits per heavy atom. The molecule has 0 N–H and O–H groups in total. The van der Waals surface area contributed by atoms with Crippen molar-refractivity contribution in [2.45, 2.75) is 25.4 Å². The van der Waals surface area contributed by atoms with Crippen LogP contribution in [0, 0.1) is 5.92 Å². The molecule has 5 nitrogen and oxygen atoms in total. The minimum Gasteiger partial charge on any atom is -0.464 e. The quantitative estimate of drug-likeness (QED) is 0.682. The molecule has 0 aliphatic carbocycles. The van der Waals surface area contributed by atoms with Gasteiger partial charge in [-0.25, -0.2) is 0 Å². The predicted molar refractivity (Wildman–Crippen MR) is 104 cm³/mol. The third kappa shape index (κ3) is 2.91. The number of rotatable bonds is 2. The fourth-order valence-corrected chi connectivity index (χ4v) is 4.79. The van der Waals surface area contributed by atoms with Gasteiger partial charge in [0.15, 0.2) is 5.43 Å². The second-order valence-corrected chi connectivity index (χ2v) is 8.06. The van der Waals surface area contributed by atoms with Crippen molar-refractivity contribution in [3.8, 4) is 0 Å². The second-order valence-electron chi connectivity index (χ2n) is 7.62. The molecule has 1 fully saturated rings. The van der Waals surface area contributed by atoms with E-state index >= 15 is 0 Å². The molecule has 5 rings (SSSR count). The molecule has 6 heteroatoms. The van der Waals surface area contributed by atoms with Gasteiger partial charge in [-0.05, 0) is 36.6 Å². The van der Waals surface area contributed by atoms with E-state index in [0.29, 0.717) is 39.9 Å². The highest BCUT2D eigenvalue weighted by molar-refractivity contribution is 6.31. The Balaban J connectivity index is 1.45. The lowest BCUT2D eigenvalue weighted by atomic mass is 9.83. The SMILES string of the molecule is O=c1c(CN2CC3CC(C2)c2cccc(=O)n2C3)coc2ccc(Cl)cc12. The Morgan fingerprint density at radius 3 is 2.89 bits per heavy atom. The van der Waals surface area contributed by atoms with Crippen LogP contribution < -0.4 is 11.0 Å². The summed E-state index contributed by atoms with van der Waals surface area (Å²) in [6.07, 6.45) is 2.67. The van der Waals surface area contributed by atoms with Crippen molar-refractivity contribution in [3.05, 3.63) is 79.5 Å². The summed E-state index contributed by atoms with van der Waals surface area (Å²) in [5, 5.41) is 1.05. The van der Waals surface area contributed by atoms with Gasteiger partial charge in [0.05, 0.1) is 11.6 Å². The number of benzene rings is 1. The van der Waals surface area contributed by atoms with E-state index in [2.05, 4.69) is 11.0 Å². The highest BCUT2D eigenvalue weighted by Gasteiger charge is 2.34. The Bertz CT molecular complexity index is 1150. The number of fused-ring (bicyclic) bond motifs is 5. The maximum Gasteiger partial charge on any atom is 0.250 e. The number of hydrogen-bond acceptors (Lipinski definition) is 4. The van der Waals surface area contributed by atoms with Crippen molar-refractivity contribution in [1.29, 1.82) is 0 Å². The van der Waals surface area contributed by atoms with E-state index in [1.165, 1.54) is 0 Å². The molecular weight excluding hydrogens is 364 g/mol. The first-order valence-corrected chi connectivity index (χ1v) is 9.58. The minimum atomic E-state index is -0.0221. The zero-order chi connectivity index (χ0) is 18.5. The Labute approximate surface area is 160 Å². The van der Waals surface area contributed by atoms with Crippen molar-refractivity contribution in [1.82, 2.24) is 9.47 Å². The molecule has 2 bridgehead atoms. The lowest BCUT2D eigenvalue weighted by molar-refractivity contribution is 0.113. The van der Waals surface area contributed by atoms with Gasteiger partial charge in [-0.3, -0.25) is 14.5 Å². The van der Waals surface area contributed by atoms with Crippen LogP contribution in [0.4, 0.5) is 0 Å². The third-order valence-electron chi connectivity index (χ3n) is 5.76. The van der Waals surface area contributed by atoms with E-state index < -0.39 is 0 Å². The topological polar surface area (TPSA) is 55.5 Å². The monoisotopic (exact) mass is 382 g/mol. The van der Waals surface area contributed by atoms with E-state index in [-0.39, 0.29) is 11.0 Å². The normalized spacial score (nSPS) is 22.0. The van der Waals surface area contributed by atoms with Gasteiger partial charge < -0.3 is 8.98 Å². The molecule has 0 amide bonds. The molecular formula is C21H19ClN2O3. The molecule has 2 aliphatic rings. The smallest absolute Gasteiger partial charge is 0.250 e. The largest absolute Gasteiger partial charge is 0.464 e. The molecule has 2 aliphatic heterocycles. The van der Waals surface area contributed by atoms with Gasteiger partial charge in [-0.1, -0.05) is 17.7 Å². The molecule has 0 spiro atoms. The highest BCUT2D eigenvalue weighted by atomic mass is 35.5. The second kappa shape index (κ2) is 6.36. The van der Waals surface area contributed by atoms with Crippen LogP contribution in [-0.4, -0.2) is 22.6 Å². The summed E-state index contributed by atoms with van der Waals surface area (Å²) >= 11 is 6.04. The van der Waals surface area contributed by atoms with E-state index in [0.717, 1.165) is 31.7 Å². The summed E-state index contributed by atoms with van der Waals surface area (Å²) in [4.78, 5) is 27.3. The lowest BCUT2D eigenvalue weighted by Crippen LogP contribution is -2.47. The van der Waals surface area contributed by atoms with Gasteiger partial charge in [0, 0.05) is 54.4 Å². The van der Waals surface area contributed by atoms with Crippen LogP contribution in [0.1, 0.15) is 23.6 Å². The summed E-state index contributed by atoms with van der Waals surface area (Å²) in [5.74, 6) is 0.756. The van der Waals surface area contributed by atoms with Crippen molar-refractivity contribution in [2.24, 2.45) is 5.92 Å². The first-order chi connectivity index (χ1) is 13.1. The van der Waals surface area contributed by atoms with Gasteiger partial charge in [0.2, 0.25) is 0 Å². The van der Waals surface area contributed by atoms with E-state index in [4.69, 9.17) is 16.0 Å². The summed E-state index contributed by atoms with van der Waals surface area (Å²) < 4.78 is 7.57. The van der Waals surface area contributed by atoms with Crippen LogP contribution in [0.25, 0.3) is 11.0 Å². The van der Waals surface area contributed by atoms with Gasteiger partial charge in [-0.2, -0.15) is 0 Å². The summed E-state index contributed by atoms with van der Waals surface area (Å²) in [6, 6.07) is 10.6. The van der Waals surface area contributed by atoms with E-state index in [1.807, 2.05) is 10.6 Å². The zero-order valence-corrected chi connectivity index (χ0v) is 15.5. The van der Waals surface area contributed by atoms with Crippen molar-refractivity contribution in [3.63, 3.8) is 0 Å². The molecule has 1 aromatic carbocycles. The van der Waals surface area contributed by atoms with Crippen LogP contribution in [0.3, 0.4) is 0 Å². The van der Waals surface area contributed by atoms with Crippen molar-refractivity contribution in [2.75, 3.05) is 13.1 Å². The lowest BCUT2D eigenvalue weighted by Gasteiger charge is -2.42.